The highest BCUT2D eigenvalue weighted by molar-refractivity contribution is 5.94. The maximum absolute atomic E-state index is 12.9. The summed E-state index contributed by atoms with van der Waals surface area (Å²) < 4.78 is 22.5. The number of aromatic nitrogens is 1. The van der Waals surface area contributed by atoms with E-state index < -0.39 is 5.91 Å². The molecule has 1 aromatic heterocycles. The molecule has 128 valence electrons. The van der Waals surface area contributed by atoms with Gasteiger partial charge >= 0.3 is 0 Å². The van der Waals surface area contributed by atoms with Crippen molar-refractivity contribution in [2.24, 2.45) is 0 Å². The lowest BCUT2D eigenvalue weighted by Crippen LogP contribution is -2.40. The lowest BCUT2D eigenvalue weighted by atomic mass is 10.1. The predicted octanol–water partition coefficient (Wildman–Crippen LogP) is 1.47. The van der Waals surface area contributed by atoms with E-state index in [2.05, 4.69) is 15.0 Å². The molecule has 1 N–H and O–H groups in total. The molecule has 7 nitrogen and oxygen atoms in total. The summed E-state index contributed by atoms with van der Waals surface area (Å²) in [6.07, 6.45) is 1.40. The minimum atomic E-state index is -0.396. The number of ether oxygens (including phenoxy) is 1. The maximum Gasteiger partial charge on any atom is 0.245 e. The van der Waals surface area contributed by atoms with Crippen molar-refractivity contribution in [1.29, 1.82) is 0 Å². The van der Waals surface area contributed by atoms with Gasteiger partial charge in [0, 0.05) is 19.7 Å². The molecule has 0 radical (unpaired) electrons. The van der Waals surface area contributed by atoms with Crippen LogP contribution in [0, 0.1) is 5.82 Å². The van der Waals surface area contributed by atoms with Crippen LogP contribution in [0.3, 0.4) is 0 Å². The molecule has 0 saturated carbocycles. The minimum Gasteiger partial charge on any atom is -0.383 e. The smallest absolute Gasteiger partial charge is 0.245 e. The zero-order valence-electron chi connectivity index (χ0n) is 13.2. The van der Waals surface area contributed by atoms with Crippen LogP contribution in [0.15, 0.2) is 41.1 Å². The van der Waals surface area contributed by atoms with Gasteiger partial charge < -0.3 is 19.5 Å². The Bertz CT molecular complexity index is 658. The van der Waals surface area contributed by atoms with Gasteiger partial charge in [0.15, 0.2) is 5.82 Å². The predicted molar refractivity (Wildman–Crippen MR) is 83.7 cm³/mol. The molecular formula is C16H18FN3O4. The summed E-state index contributed by atoms with van der Waals surface area (Å²) in [5.74, 6) is -0.742. The number of carbonyl (C=O) groups is 2. The normalized spacial score (nSPS) is 10.4. The molecule has 2 amide bonds. The monoisotopic (exact) mass is 335 g/mol. The van der Waals surface area contributed by atoms with Crippen LogP contribution >= 0.6 is 0 Å². The molecule has 2 aromatic rings. The number of anilines is 1. The third-order valence-corrected chi connectivity index (χ3v) is 3.23. The van der Waals surface area contributed by atoms with Gasteiger partial charge in [0.1, 0.15) is 12.1 Å². The molecule has 1 aromatic carbocycles. The summed E-state index contributed by atoms with van der Waals surface area (Å²) in [5.41, 5.74) is 0.667. The van der Waals surface area contributed by atoms with Crippen LogP contribution in [0.4, 0.5) is 10.2 Å². The van der Waals surface area contributed by atoms with Crippen molar-refractivity contribution in [2.45, 2.75) is 6.42 Å². The Hall–Kier alpha value is -2.74. The Morgan fingerprint density at radius 2 is 2.04 bits per heavy atom. The van der Waals surface area contributed by atoms with E-state index in [1.807, 2.05) is 0 Å². The van der Waals surface area contributed by atoms with Crippen molar-refractivity contribution in [3.05, 3.63) is 48.0 Å². The number of hydrogen-bond acceptors (Lipinski definition) is 5. The second kappa shape index (κ2) is 8.78. The number of hydrogen-bond donors (Lipinski definition) is 1. The molecule has 0 aliphatic heterocycles. The molecule has 1 heterocycles. The van der Waals surface area contributed by atoms with E-state index in [0.29, 0.717) is 12.2 Å². The van der Waals surface area contributed by atoms with Crippen molar-refractivity contribution < 1.29 is 23.2 Å². The summed E-state index contributed by atoms with van der Waals surface area (Å²) in [6, 6.07) is 7.16. The highest BCUT2D eigenvalue weighted by atomic mass is 19.1. The Kier molecular flexibility index (Phi) is 6.44. The van der Waals surface area contributed by atoms with Crippen LogP contribution in [-0.2, 0) is 20.7 Å². The molecule has 0 unspecified atom stereocenters. The maximum atomic E-state index is 12.9. The molecule has 0 aliphatic carbocycles. The van der Waals surface area contributed by atoms with Crippen LogP contribution in [-0.4, -0.2) is 48.7 Å². The first-order valence-corrected chi connectivity index (χ1v) is 7.30. The van der Waals surface area contributed by atoms with Gasteiger partial charge in [-0.1, -0.05) is 17.3 Å². The molecule has 0 spiro atoms. The minimum absolute atomic E-state index is 0.0707. The van der Waals surface area contributed by atoms with Crippen molar-refractivity contribution in [3.63, 3.8) is 0 Å². The summed E-state index contributed by atoms with van der Waals surface area (Å²) in [5, 5.41) is 6.10. The number of benzene rings is 1. The molecule has 0 atom stereocenters. The van der Waals surface area contributed by atoms with Crippen molar-refractivity contribution in [3.8, 4) is 0 Å². The average Bonchev–Trinajstić information content (AvgIpc) is 3.06. The molecule has 0 fully saturated rings. The van der Waals surface area contributed by atoms with Crippen LogP contribution < -0.4 is 5.32 Å². The first kappa shape index (κ1) is 17.6. The van der Waals surface area contributed by atoms with Gasteiger partial charge in [-0.05, 0) is 17.7 Å². The number of nitrogens with zero attached hydrogens (tertiary/aromatic N) is 2. The quantitative estimate of drug-likeness (QED) is 0.790. The lowest BCUT2D eigenvalue weighted by molar-refractivity contribution is -0.134. The fourth-order valence-corrected chi connectivity index (χ4v) is 2.01. The Morgan fingerprint density at radius 1 is 1.29 bits per heavy atom. The van der Waals surface area contributed by atoms with Gasteiger partial charge in [0.2, 0.25) is 11.8 Å². The number of amides is 2. The average molecular weight is 335 g/mol. The summed E-state index contributed by atoms with van der Waals surface area (Å²) in [4.78, 5) is 25.8. The first-order chi connectivity index (χ1) is 11.6. The number of methoxy groups -OCH3 is 1. The number of carbonyl (C=O) groups excluding carboxylic acids is 2. The molecule has 24 heavy (non-hydrogen) atoms. The summed E-state index contributed by atoms with van der Waals surface area (Å²) >= 11 is 0. The Balaban J connectivity index is 1.96. The van der Waals surface area contributed by atoms with E-state index in [1.165, 1.54) is 48.6 Å². The fraction of sp³-hybridized carbons (Fsp3) is 0.312. The topological polar surface area (TPSA) is 84.7 Å². The van der Waals surface area contributed by atoms with Crippen molar-refractivity contribution >= 4 is 17.6 Å². The molecule has 0 aliphatic rings. The Morgan fingerprint density at radius 3 is 2.67 bits per heavy atom. The number of nitrogens with one attached hydrogen (secondary N) is 1. The zero-order valence-corrected chi connectivity index (χ0v) is 13.2. The molecule has 0 bridgehead atoms. The third kappa shape index (κ3) is 5.47. The van der Waals surface area contributed by atoms with Crippen LogP contribution in [0.2, 0.25) is 0 Å². The van der Waals surface area contributed by atoms with E-state index in [-0.39, 0.29) is 37.1 Å². The van der Waals surface area contributed by atoms with Gasteiger partial charge in [-0.2, -0.15) is 0 Å². The fourth-order valence-electron chi connectivity index (χ4n) is 2.01. The largest absolute Gasteiger partial charge is 0.383 e. The first-order valence-electron chi connectivity index (χ1n) is 7.30. The molecule has 0 saturated heterocycles. The molecule has 8 heteroatoms. The van der Waals surface area contributed by atoms with Gasteiger partial charge in [-0.25, -0.2) is 4.39 Å². The standard InChI is InChI=1S/C16H18FN3O4/c1-23-9-7-20(11-15(21)18-14-6-8-24-19-14)16(22)10-12-2-4-13(17)5-3-12/h2-6,8H,7,9-11H2,1H3,(H,18,19,21). The van der Waals surface area contributed by atoms with Crippen LogP contribution in [0.25, 0.3) is 0 Å². The second-order valence-corrected chi connectivity index (χ2v) is 5.04. The van der Waals surface area contributed by atoms with E-state index in [4.69, 9.17) is 4.74 Å². The van der Waals surface area contributed by atoms with E-state index in [0.717, 1.165) is 0 Å². The highest BCUT2D eigenvalue weighted by Gasteiger charge is 2.18. The van der Waals surface area contributed by atoms with Gasteiger partial charge in [-0.15, -0.1) is 0 Å². The number of rotatable bonds is 8. The zero-order chi connectivity index (χ0) is 17.4. The highest BCUT2D eigenvalue weighted by Crippen LogP contribution is 2.07. The van der Waals surface area contributed by atoms with Gasteiger partial charge in [0.05, 0.1) is 19.6 Å². The van der Waals surface area contributed by atoms with E-state index in [9.17, 15) is 14.0 Å². The summed E-state index contributed by atoms with van der Waals surface area (Å²) in [6.45, 7) is 0.422. The van der Waals surface area contributed by atoms with Crippen molar-refractivity contribution in [1.82, 2.24) is 10.1 Å². The number of halogens is 1. The SMILES string of the molecule is COCCN(CC(=O)Nc1ccon1)C(=O)Cc1ccc(F)cc1. The van der Waals surface area contributed by atoms with Gasteiger partial charge in [-0.3, -0.25) is 9.59 Å². The van der Waals surface area contributed by atoms with Crippen LogP contribution in [0.5, 0.6) is 0 Å². The third-order valence-electron chi connectivity index (χ3n) is 3.23. The van der Waals surface area contributed by atoms with E-state index in [1.54, 1.807) is 0 Å². The van der Waals surface area contributed by atoms with Crippen molar-refractivity contribution in [2.75, 3.05) is 32.1 Å². The Labute approximate surface area is 138 Å². The van der Waals surface area contributed by atoms with Gasteiger partial charge in [0.25, 0.3) is 0 Å². The second-order valence-electron chi connectivity index (χ2n) is 5.04. The lowest BCUT2D eigenvalue weighted by Gasteiger charge is -2.21. The summed E-state index contributed by atoms with van der Waals surface area (Å²) in [7, 11) is 1.51. The molecule has 2 rings (SSSR count). The van der Waals surface area contributed by atoms with Crippen LogP contribution in [0.1, 0.15) is 5.56 Å². The molecular weight excluding hydrogens is 317 g/mol. The van der Waals surface area contributed by atoms with E-state index >= 15 is 0 Å².